The van der Waals surface area contributed by atoms with Gasteiger partial charge in [-0.15, -0.1) is 12.4 Å². The average molecular weight is 272 g/mol. The van der Waals surface area contributed by atoms with E-state index in [1.807, 2.05) is 0 Å². The van der Waals surface area contributed by atoms with Crippen molar-refractivity contribution < 1.29 is 9.13 Å². The van der Waals surface area contributed by atoms with Gasteiger partial charge < -0.3 is 10.5 Å². The molecule has 0 amide bonds. The van der Waals surface area contributed by atoms with Crippen LogP contribution in [0.4, 0.5) is 4.39 Å². The molecule has 3 rings (SSSR count). The van der Waals surface area contributed by atoms with Crippen molar-refractivity contribution in [2.75, 3.05) is 13.2 Å². The van der Waals surface area contributed by atoms with Crippen LogP contribution in [0.25, 0.3) is 0 Å². The lowest BCUT2D eigenvalue weighted by Gasteiger charge is -2.11. The van der Waals surface area contributed by atoms with Gasteiger partial charge in [0.25, 0.3) is 0 Å². The number of benzene rings is 1. The number of rotatable bonds is 5. The minimum Gasteiger partial charge on any atom is -0.493 e. The molecule has 2 fully saturated rings. The van der Waals surface area contributed by atoms with E-state index >= 15 is 0 Å². The lowest BCUT2D eigenvalue weighted by Crippen LogP contribution is -2.05. The van der Waals surface area contributed by atoms with Crippen LogP contribution in [-0.4, -0.2) is 13.2 Å². The Morgan fingerprint density at radius 1 is 1.33 bits per heavy atom. The van der Waals surface area contributed by atoms with Gasteiger partial charge >= 0.3 is 0 Å². The van der Waals surface area contributed by atoms with Gasteiger partial charge in [0.15, 0.2) is 0 Å². The average Bonchev–Trinajstić information content (AvgIpc) is 3.21. The highest BCUT2D eigenvalue weighted by atomic mass is 35.5. The zero-order chi connectivity index (χ0) is 11.8. The number of hydrogen-bond donors (Lipinski definition) is 1. The Hall–Kier alpha value is -0.800. The van der Waals surface area contributed by atoms with Crippen molar-refractivity contribution in [1.29, 1.82) is 0 Å². The molecule has 2 saturated carbocycles. The third-order valence-electron chi connectivity index (χ3n) is 3.77. The maximum absolute atomic E-state index is 13.3. The molecule has 0 bridgehead atoms. The van der Waals surface area contributed by atoms with E-state index < -0.39 is 0 Å². The molecule has 2 nitrogen and oxygen atoms in total. The number of halogens is 2. The smallest absolute Gasteiger partial charge is 0.123 e. The molecule has 0 radical (unpaired) electrons. The largest absolute Gasteiger partial charge is 0.493 e. The second-order valence-electron chi connectivity index (χ2n) is 5.27. The highest BCUT2D eigenvalue weighted by Crippen LogP contribution is 2.50. The maximum atomic E-state index is 13.3. The molecule has 2 aliphatic rings. The van der Waals surface area contributed by atoms with Crippen LogP contribution in [0.3, 0.4) is 0 Å². The summed E-state index contributed by atoms with van der Waals surface area (Å²) >= 11 is 0. The second-order valence-corrected chi connectivity index (χ2v) is 5.27. The zero-order valence-electron chi connectivity index (χ0n) is 10.3. The van der Waals surface area contributed by atoms with Gasteiger partial charge in [-0.25, -0.2) is 4.39 Å². The van der Waals surface area contributed by atoms with E-state index in [1.165, 1.54) is 18.9 Å². The summed E-state index contributed by atoms with van der Waals surface area (Å²) in [6.45, 7) is 1.46. The van der Waals surface area contributed by atoms with Crippen LogP contribution in [-0.2, 0) is 0 Å². The van der Waals surface area contributed by atoms with Gasteiger partial charge in [0.1, 0.15) is 11.6 Å². The highest BCUT2D eigenvalue weighted by molar-refractivity contribution is 5.85. The van der Waals surface area contributed by atoms with Crippen molar-refractivity contribution in [3.8, 4) is 5.75 Å². The molecule has 1 aromatic carbocycles. The van der Waals surface area contributed by atoms with Gasteiger partial charge in [-0.2, -0.15) is 0 Å². The molecule has 18 heavy (non-hydrogen) atoms. The normalized spacial score (nSPS) is 25.4. The van der Waals surface area contributed by atoms with Crippen LogP contribution in [0.1, 0.15) is 30.7 Å². The second kappa shape index (κ2) is 5.45. The quantitative estimate of drug-likeness (QED) is 0.893. The van der Waals surface area contributed by atoms with E-state index in [9.17, 15) is 4.39 Å². The SMILES string of the molecule is Cl.NC[C@@H]1C[C@H]1c1cc(F)ccc1OCC1CC1. The number of ether oxygens (including phenoxy) is 1. The molecule has 0 aliphatic heterocycles. The molecule has 0 spiro atoms. The fraction of sp³-hybridized carbons (Fsp3) is 0.571. The molecule has 2 N–H and O–H groups in total. The van der Waals surface area contributed by atoms with Crippen LogP contribution in [0.2, 0.25) is 0 Å². The number of nitrogens with two attached hydrogens (primary N) is 1. The first-order valence-electron chi connectivity index (χ1n) is 6.40. The Bertz CT molecular complexity index is 422. The molecule has 0 heterocycles. The molecule has 2 aliphatic carbocycles. The van der Waals surface area contributed by atoms with Crippen LogP contribution in [0.15, 0.2) is 18.2 Å². The first-order valence-corrected chi connectivity index (χ1v) is 6.40. The van der Waals surface area contributed by atoms with E-state index in [-0.39, 0.29) is 18.2 Å². The van der Waals surface area contributed by atoms with Gasteiger partial charge in [0.05, 0.1) is 6.61 Å². The summed E-state index contributed by atoms with van der Waals surface area (Å²) in [5.41, 5.74) is 6.66. The summed E-state index contributed by atoms with van der Waals surface area (Å²) in [6.07, 6.45) is 3.61. The van der Waals surface area contributed by atoms with Crippen molar-refractivity contribution >= 4 is 12.4 Å². The molecule has 0 unspecified atom stereocenters. The standard InChI is InChI=1S/C14H18FNO.ClH/c15-11-3-4-14(17-8-9-1-2-9)13(6-11)12-5-10(12)7-16;/h3-4,6,9-10,12H,1-2,5,7-8,16H2;1H/t10-,12+;/m0./s1. The Balaban J connectivity index is 0.00000120. The fourth-order valence-electron chi connectivity index (χ4n) is 2.32. The van der Waals surface area contributed by atoms with E-state index in [2.05, 4.69) is 0 Å². The van der Waals surface area contributed by atoms with E-state index in [0.717, 1.165) is 30.3 Å². The maximum Gasteiger partial charge on any atom is 0.123 e. The highest BCUT2D eigenvalue weighted by Gasteiger charge is 2.39. The lowest BCUT2D eigenvalue weighted by molar-refractivity contribution is 0.296. The van der Waals surface area contributed by atoms with Gasteiger partial charge in [0, 0.05) is 5.56 Å². The predicted molar refractivity (Wildman–Crippen MR) is 71.8 cm³/mol. The summed E-state index contributed by atoms with van der Waals surface area (Å²) in [6, 6.07) is 4.85. The van der Waals surface area contributed by atoms with Crippen LogP contribution in [0.5, 0.6) is 5.75 Å². The summed E-state index contributed by atoms with van der Waals surface area (Å²) in [7, 11) is 0. The van der Waals surface area contributed by atoms with Crippen molar-refractivity contribution in [3.63, 3.8) is 0 Å². The van der Waals surface area contributed by atoms with Crippen LogP contribution < -0.4 is 10.5 Å². The third-order valence-corrected chi connectivity index (χ3v) is 3.77. The molecular formula is C14H19ClFNO. The Morgan fingerprint density at radius 3 is 2.72 bits per heavy atom. The molecular weight excluding hydrogens is 253 g/mol. The van der Waals surface area contributed by atoms with Gasteiger partial charge in [-0.3, -0.25) is 0 Å². The van der Waals surface area contributed by atoms with E-state index in [4.69, 9.17) is 10.5 Å². The third kappa shape index (κ3) is 2.96. The molecule has 1 aromatic rings. The Labute approximate surface area is 113 Å². The monoisotopic (exact) mass is 271 g/mol. The van der Waals surface area contributed by atoms with Crippen molar-refractivity contribution in [2.45, 2.75) is 25.2 Å². The molecule has 2 atom stereocenters. The zero-order valence-corrected chi connectivity index (χ0v) is 11.1. The summed E-state index contributed by atoms with van der Waals surface area (Å²) in [5, 5.41) is 0. The molecule has 0 aromatic heterocycles. The molecule has 0 saturated heterocycles. The summed E-state index contributed by atoms with van der Waals surface area (Å²) in [5.74, 6) is 2.32. The number of hydrogen-bond acceptors (Lipinski definition) is 2. The Morgan fingerprint density at radius 2 is 2.11 bits per heavy atom. The van der Waals surface area contributed by atoms with Crippen LogP contribution in [0, 0.1) is 17.7 Å². The Kier molecular flexibility index (Phi) is 4.13. The van der Waals surface area contributed by atoms with E-state index in [1.54, 1.807) is 12.1 Å². The minimum absolute atomic E-state index is 0. The van der Waals surface area contributed by atoms with Crippen molar-refractivity contribution in [1.82, 2.24) is 0 Å². The predicted octanol–water partition coefficient (Wildman–Crippen LogP) is 3.10. The van der Waals surface area contributed by atoms with E-state index in [0.29, 0.717) is 18.4 Å². The van der Waals surface area contributed by atoms with Crippen molar-refractivity contribution in [2.24, 2.45) is 17.6 Å². The lowest BCUT2D eigenvalue weighted by atomic mass is 10.1. The first-order chi connectivity index (χ1) is 8.28. The first kappa shape index (κ1) is 13.6. The minimum atomic E-state index is -0.179. The van der Waals surface area contributed by atoms with Gasteiger partial charge in [-0.05, 0) is 61.8 Å². The molecule has 4 heteroatoms. The fourth-order valence-corrected chi connectivity index (χ4v) is 2.32. The van der Waals surface area contributed by atoms with Gasteiger partial charge in [-0.1, -0.05) is 0 Å². The summed E-state index contributed by atoms with van der Waals surface area (Å²) < 4.78 is 19.1. The van der Waals surface area contributed by atoms with Crippen LogP contribution >= 0.6 is 12.4 Å². The topological polar surface area (TPSA) is 35.2 Å². The molecule has 100 valence electrons. The summed E-state index contributed by atoms with van der Waals surface area (Å²) in [4.78, 5) is 0. The van der Waals surface area contributed by atoms with Gasteiger partial charge in [0.2, 0.25) is 0 Å². The van der Waals surface area contributed by atoms with Crippen molar-refractivity contribution in [3.05, 3.63) is 29.6 Å².